The summed E-state index contributed by atoms with van der Waals surface area (Å²) in [5.74, 6) is 1.23. The van der Waals surface area contributed by atoms with Crippen LogP contribution in [0.4, 0.5) is 5.00 Å². The zero-order valence-electron chi connectivity index (χ0n) is 12.3. The fourth-order valence-corrected chi connectivity index (χ4v) is 4.11. The van der Waals surface area contributed by atoms with Crippen LogP contribution in [0.15, 0.2) is 45.6 Å². The highest BCUT2D eigenvalue weighted by Crippen LogP contribution is 2.41. The van der Waals surface area contributed by atoms with E-state index in [0.717, 1.165) is 31.3 Å². The molecule has 0 saturated heterocycles. The molecular weight excluding hydrogens is 336 g/mol. The van der Waals surface area contributed by atoms with E-state index in [4.69, 9.17) is 9.47 Å². The molecule has 0 aliphatic carbocycles. The largest absolute Gasteiger partial charge is 0.493 e. The van der Waals surface area contributed by atoms with Crippen molar-refractivity contribution in [3.8, 4) is 11.5 Å². The van der Waals surface area contributed by atoms with Gasteiger partial charge in [0.25, 0.3) is 0 Å². The highest BCUT2D eigenvalue weighted by atomic mass is 32.2. The highest BCUT2D eigenvalue weighted by molar-refractivity contribution is 8.01. The first-order valence-corrected chi connectivity index (χ1v) is 8.18. The molecule has 3 aromatic rings. The van der Waals surface area contributed by atoms with E-state index >= 15 is 0 Å². The van der Waals surface area contributed by atoms with Gasteiger partial charge in [0.15, 0.2) is 11.5 Å². The van der Waals surface area contributed by atoms with Crippen molar-refractivity contribution in [3.63, 3.8) is 0 Å². The molecule has 0 unspecified atom stereocenters. The van der Waals surface area contributed by atoms with Crippen LogP contribution in [0.25, 0.3) is 10.9 Å². The van der Waals surface area contributed by atoms with Crippen molar-refractivity contribution in [2.24, 2.45) is 0 Å². The lowest BCUT2D eigenvalue weighted by molar-refractivity contribution is -0.380. The van der Waals surface area contributed by atoms with Gasteiger partial charge in [-0.15, -0.1) is 0 Å². The number of thiophene rings is 1. The van der Waals surface area contributed by atoms with Crippen LogP contribution in [-0.4, -0.2) is 24.1 Å². The molecule has 0 aliphatic rings. The zero-order chi connectivity index (χ0) is 16.4. The molecule has 6 nitrogen and oxygen atoms in total. The molecule has 0 fully saturated rings. The number of methoxy groups -OCH3 is 2. The number of nitrogens with zero attached hydrogens (tertiary/aromatic N) is 2. The van der Waals surface area contributed by atoms with Gasteiger partial charge in [-0.25, -0.2) is 0 Å². The molecule has 0 spiro atoms. The third kappa shape index (κ3) is 3.08. The van der Waals surface area contributed by atoms with Crippen LogP contribution in [-0.2, 0) is 0 Å². The fourth-order valence-electron chi connectivity index (χ4n) is 2.11. The van der Waals surface area contributed by atoms with Crippen molar-refractivity contribution >= 4 is 39.0 Å². The van der Waals surface area contributed by atoms with Crippen LogP contribution in [0.3, 0.4) is 0 Å². The molecule has 0 atom stereocenters. The summed E-state index contributed by atoms with van der Waals surface area (Å²) < 4.78 is 11.5. The molecule has 3 rings (SSSR count). The third-order valence-electron chi connectivity index (χ3n) is 3.16. The van der Waals surface area contributed by atoms with Gasteiger partial charge in [-0.05, 0) is 18.2 Å². The van der Waals surface area contributed by atoms with Crippen molar-refractivity contribution in [1.82, 2.24) is 4.98 Å². The predicted molar refractivity (Wildman–Crippen MR) is 89.9 cm³/mol. The van der Waals surface area contributed by atoms with E-state index < -0.39 is 0 Å². The topological polar surface area (TPSA) is 74.5 Å². The summed E-state index contributed by atoms with van der Waals surface area (Å²) in [6, 6.07) is 8.82. The lowest BCUT2D eigenvalue weighted by atomic mass is 10.2. The van der Waals surface area contributed by atoms with Crippen LogP contribution in [0, 0.1) is 10.1 Å². The van der Waals surface area contributed by atoms with Crippen LogP contribution in [0.5, 0.6) is 11.5 Å². The van der Waals surface area contributed by atoms with Crippen molar-refractivity contribution < 1.29 is 14.4 Å². The van der Waals surface area contributed by atoms with Gasteiger partial charge >= 0.3 is 5.00 Å². The average Bonchev–Trinajstić information content (AvgIpc) is 3.02. The Morgan fingerprint density at radius 3 is 2.57 bits per heavy atom. The SMILES string of the molecule is COc1cc2nccc(Sc3ccc([N+](=O)[O-])s3)c2cc1OC. The van der Waals surface area contributed by atoms with E-state index in [-0.39, 0.29) is 9.92 Å². The second-order valence-corrected chi connectivity index (χ2v) is 6.89. The minimum absolute atomic E-state index is 0.130. The number of benzene rings is 1. The molecule has 0 radical (unpaired) electrons. The molecule has 0 saturated carbocycles. The first-order valence-electron chi connectivity index (χ1n) is 6.55. The Morgan fingerprint density at radius 1 is 1.17 bits per heavy atom. The minimum atomic E-state index is -0.382. The van der Waals surface area contributed by atoms with E-state index in [0.29, 0.717) is 11.5 Å². The summed E-state index contributed by atoms with van der Waals surface area (Å²) in [5.41, 5.74) is 0.777. The fraction of sp³-hybridized carbons (Fsp3) is 0.133. The second-order valence-electron chi connectivity index (χ2n) is 4.49. The summed E-state index contributed by atoms with van der Waals surface area (Å²) in [5, 5.41) is 11.8. The third-order valence-corrected chi connectivity index (χ3v) is 5.41. The van der Waals surface area contributed by atoms with Crippen molar-refractivity contribution in [2.75, 3.05) is 14.2 Å². The van der Waals surface area contributed by atoms with Gasteiger partial charge in [0.2, 0.25) is 0 Å². The predicted octanol–water partition coefficient (Wildman–Crippen LogP) is 4.37. The molecule has 0 amide bonds. The molecule has 118 valence electrons. The van der Waals surface area contributed by atoms with E-state index in [1.54, 1.807) is 26.5 Å². The number of nitro groups is 1. The van der Waals surface area contributed by atoms with Crippen LogP contribution in [0.1, 0.15) is 0 Å². The maximum Gasteiger partial charge on any atom is 0.325 e. The second kappa shape index (κ2) is 6.43. The zero-order valence-corrected chi connectivity index (χ0v) is 13.9. The minimum Gasteiger partial charge on any atom is -0.493 e. The highest BCUT2D eigenvalue weighted by Gasteiger charge is 2.14. The van der Waals surface area contributed by atoms with E-state index in [2.05, 4.69) is 4.98 Å². The number of rotatable bonds is 5. The van der Waals surface area contributed by atoms with Gasteiger partial charge in [0, 0.05) is 28.6 Å². The van der Waals surface area contributed by atoms with E-state index in [1.165, 1.54) is 17.8 Å². The Labute approximate surface area is 140 Å². The van der Waals surface area contributed by atoms with E-state index in [9.17, 15) is 10.1 Å². The monoisotopic (exact) mass is 348 g/mol. The summed E-state index contributed by atoms with van der Waals surface area (Å²) in [6.45, 7) is 0. The van der Waals surface area contributed by atoms with Gasteiger partial charge in [0.05, 0.1) is 28.9 Å². The van der Waals surface area contributed by atoms with Crippen LogP contribution in [0.2, 0.25) is 0 Å². The van der Waals surface area contributed by atoms with Crippen molar-refractivity contribution in [1.29, 1.82) is 0 Å². The number of hydrogen-bond donors (Lipinski definition) is 0. The molecule has 0 N–H and O–H groups in total. The number of hydrogen-bond acceptors (Lipinski definition) is 7. The van der Waals surface area contributed by atoms with Crippen LogP contribution >= 0.6 is 23.1 Å². The van der Waals surface area contributed by atoms with Gasteiger partial charge < -0.3 is 9.47 Å². The lowest BCUT2D eigenvalue weighted by Crippen LogP contribution is -1.92. The van der Waals surface area contributed by atoms with Gasteiger partial charge in [0.1, 0.15) is 0 Å². The molecule has 1 aromatic carbocycles. The molecule has 2 aromatic heterocycles. The van der Waals surface area contributed by atoms with E-state index in [1.807, 2.05) is 18.2 Å². The Balaban J connectivity index is 2.04. The summed E-state index contributed by atoms with van der Waals surface area (Å²) in [6.07, 6.45) is 1.71. The smallest absolute Gasteiger partial charge is 0.325 e. The Hall–Kier alpha value is -2.32. The Bertz CT molecular complexity index is 879. The first-order chi connectivity index (χ1) is 11.1. The summed E-state index contributed by atoms with van der Waals surface area (Å²) in [4.78, 5) is 15.7. The first kappa shape index (κ1) is 15.6. The Morgan fingerprint density at radius 2 is 1.91 bits per heavy atom. The molecule has 0 bridgehead atoms. The number of aromatic nitrogens is 1. The number of ether oxygens (including phenoxy) is 2. The molecule has 23 heavy (non-hydrogen) atoms. The maximum atomic E-state index is 10.8. The number of pyridine rings is 1. The van der Waals surface area contributed by atoms with Gasteiger partial charge in [-0.3, -0.25) is 15.1 Å². The normalized spacial score (nSPS) is 10.7. The molecule has 8 heteroatoms. The molecule has 2 heterocycles. The lowest BCUT2D eigenvalue weighted by Gasteiger charge is -2.10. The summed E-state index contributed by atoms with van der Waals surface area (Å²) >= 11 is 2.62. The Kier molecular flexibility index (Phi) is 4.35. The average molecular weight is 348 g/mol. The molecular formula is C15H12N2O4S2. The van der Waals surface area contributed by atoms with Gasteiger partial charge in [-0.1, -0.05) is 23.1 Å². The van der Waals surface area contributed by atoms with Gasteiger partial charge in [-0.2, -0.15) is 0 Å². The standard InChI is InChI=1S/C15H12N2O4S2/c1-20-11-7-9-10(8-12(11)21-2)16-6-5-13(9)22-15-4-3-14(23-15)17(18)19/h3-8H,1-2H3. The van der Waals surface area contributed by atoms with Crippen LogP contribution < -0.4 is 9.47 Å². The number of fused-ring (bicyclic) bond motifs is 1. The van der Waals surface area contributed by atoms with Crippen molar-refractivity contribution in [2.45, 2.75) is 9.10 Å². The quantitative estimate of drug-likeness (QED) is 0.503. The van der Waals surface area contributed by atoms with Crippen molar-refractivity contribution in [3.05, 3.63) is 46.6 Å². The summed E-state index contributed by atoms with van der Waals surface area (Å²) in [7, 11) is 3.16. The molecule has 0 aliphatic heterocycles. The maximum absolute atomic E-state index is 10.8.